The molecule has 1 aliphatic carbocycles. The number of methoxy groups -OCH3 is 1. The summed E-state index contributed by atoms with van der Waals surface area (Å²) in [4.78, 5) is 13.0. The van der Waals surface area contributed by atoms with Crippen LogP contribution in [0.4, 0.5) is 0 Å². The minimum absolute atomic E-state index is 0.0145. The van der Waals surface area contributed by atoms with E-state index in [1.807, 2.05) is 26.8 Å². The molecule has 0 radical (unpaired) electrons. The predicted octanol–water partition coefficient (Wildman–Crippen LogP) is 3.54. The Morgan fingerprint density at radius 1 is 1.33 bits per heavy atom. The van der Waals surface area contributed by atoms with Crippen molar-refractivity contribution in [1.82, 2.24) is 0 Å². The highest BCUT2D eigenvalue weighted by Gasteiger charge is 2.43. The van der Waals surface area contributed by atoms with E-state index in [-0.39, 0.29) is 22.7 Å². The maximum atomic E-state index is 13.0. The summed E-state index contributed by atoms with van der Waals surface area (Å²) in [6.07, 6.45) is 0.997. The Morgan fingerprint density at radius 2 is 2.07 bits per heavy atom. The van der Waals surface area contributed by atoms with Gasteiger partial charge in [0.25, 0.3) is 0 Å². The van der Waals surface area contributed by atoms with Gasteiger partial charge in [-0.2, -0.15) is 5.26 Å². The van der Waals surface area contributed by atoms with Crippen LogP contribution in [-0.4, -0.2) is 19.5 Å². The molecule has 142 valence electrons. The number of nitriles is 1. The first-order valence-corrected chi connectivity index (χ1v) is 8.96. The first-order chi connectivity index (χ1) is 12.8. The zero-order chi connectivity index (χ0) is 19.8. The fourth-order valence-corrected chi connectivity index (χ4v) is 3.76. The molecule has 0 spiro atoms. The number of benzene rings is 1. The number of rotatable bonds is 4. The number of ether oxygens (including phenoxy) is 3. The molecule has 0 saturated carbocycles. The topological polar surface area (TPSA) is 94.6 Å². The highest BCUT2D eigenvalue weighted by atomic mass is 16.5. The van der Waals surface area contributed by atoms with Gasteiger partial charge in [-0.25, -0.2) is 0 Å². The van der Waals surface area contributed by atoms with E-state index in [0.29, 0.717) is 42.3 Å². The Labute approximate surface area is 159 Å². The van der Waals surface area contributed by atoms with Gasteiger partial charge in [0, 0.05) is 18.4 Å². The molecule has 0 bridgehead atoms. The Hall–Kier alpha value is -2.94. The van der Waals surface area contributed by atoms with Crippen molar-refractivity contribution >= 4 is 5.78 Å². The number of carbonyl (C=O) groups excluding carboxylic acids is 1. The van der Waals surface area contributed by atoms with E-state index >= 15 is 0 Å². The van der Waals surface area contributed by atoms with Crippen LogP contribution >= 0.6 is 0 Å². The van der Waals surface area contributed by atoms with E-state index in [9.17, 15) is 10.1 Å². The number of hydrogen-bond donors (Lipinski definition) is 1. The molecule has 0 saturated heterocycles. The van der Waals surface area contributed by atoms with E-state index in [1.54, 1.807) is 19.2 Å². The third kappa shape index (κ3) is 3.37. The van der Waals surface area contributed by atoms with Gasteiger partial charge in [0.1, 0.15) is 17.4 Å². The van der Waals surface area contributed by atoms with Gasteiger partial charge < -0.3 is 19.9 Å². The number of Topliss-reactive ketones (excluding diaryl/α,β-unsaturated/α-hetero) is 1. The van der Waals surface area contributed by atoms with Crippen LogP contribution in [0.25, 0.3) is 0 Å². The van der Waals surface area contributed by atoms with Gasteiger partial charge in [-0.1, -0.05) is 19.9 Å². The second-order valence-electron chi connectivity index (χ2n) is 7.55. The quantitative estimate of drug-likeness (QED) is 0.873. The van der Waals surface area contributed by atoms with Crippen molar-refractivity contribution in [2.24, 2.45) is 11.1 Å². The number of ketones is 1. The molecule has 6 nitrogen and oxygen atoms in total. The minimum Gasteiger partial charge on any atom is -0.493 e. The van der Waals surface area contributed by atoms with Gasteiger partial charge >= 0.3 is 0 Å². The van der Waals surface area contributed by atoms with Crippen LogP contribution < -0.4 is 15.2 Å². The summed E-state index contributed by atoms with van der Waals surface area (Å²) in [7, 11) is 1.56. The van der Waals surface area contributed by atoms with Gasteiger partial charge in [-0.3, -0.25) is 4.79 Å². The first kappa shape index (κ1) is 18.8. The summed E-state index contributed by atoms with van der Waals surface area (Å²) in [5, 5.41) is 9.68. The second kappa shape index (κ2) is 6.99. The van der Waals surface area contributed by atoms with Gasteiger partial charge in [-0.15, -0.1) is 0 Å². The summed E-state index contributed by atoms with van der Waals surface area (Å²) in [6.45, 7) is 6.44. The smallest absolute Gasteiger partial charge is 0.205 e. The molecule has 1 aromatic carbocycles. The Kier molecular flexibility index (Phi) is 4.88. The maximum absolute atomic E-state index is 13.0. The van der Waals surface area contributed by atoms with E-state index in [4.69, 9.17) is 19.9 Å². The van der Waals surface area contributed by atoms with Crippen LogP contribution in [-0.2, 0) is 9.53 Å². The fraction of sp³-hybridized carbons (Fsp3) is 0.429. The third-order valence-electron chi connectivity index (χ3n) is 4.90. The van der Waals surface area contributed by atoms with Gasteiger partial charge in [-0.05, 0) is 30.0 Å². The van der Waals surface area contributed by atoms with E-state index in [0.717, 1.165) is 5.56 Å². The summed E-state index contributed by atoms with van der Waals surface area (Å²) >= 11 is 0. The van der Waals surface area contributed by atoms with Crippen LogP contribution in [0, 0.1) is 16.7 Å². The first-order valence-electron chi connectivity index (χ1n) is 8.96. The molecule has 27 heavy (non-hydrogen) atoms. The fourth-order valence-electron chi connectivity index (χ4n) is 3.76. The molecule has 1 heterocycles. The van der Waals surface area contributed by atoms with Crippen LogP contribution in [0.2, 0.25) is 0 Å². The molecule has 2 N–H and O–H groups in total. The molecule has 3 rings (SSSR count). The molecular weight excluding hydrogens is 344 g/mol. The van der Waals surface area contributed by atoms with Crippen molar-refractivity contribution in [3.05, 3.63) is 46.6 Å². The minimum atomic E-state index is -0.563. The number of nitrogens with zero attached hydrogens (tertiary/aromatic N) is 1. The monoisotopic (exact) mass is 368 g/mol. The molecule has 0 fully saturated rings. The third-order valence-corrected chi connectivity index (χ3v) is 4.90. The SMILES string of the molecule is CCOc1ccc(C2C(C#N)=C(N)OC3=C2C(=O)CC(C)(C)C3)cc1OC. The average Bonchev–Trinajstić information content (AvgIpc) is 2.60. The summed E-state index contributed by atoms with van der Waals surface area (Å²) in [6, 6.07) is 7.55. The molecular formula is C21H24N2O4. The lowest BCUT2D eigenvalue weighted by Gasteiger charge is -2.37. The van der Waals surface area contributed by atoms with E-state index in [2.05, 4.69) is 6.07 Å². The molecule has 1 atom stereocenters. The highest BCUT2D eigenvalue weighted by Crippen LogP contribution is 2.48. The van der Waals surface area contributed by atoms with Crippen molar-refractivity contribution in [3.63, 3.8) is 0 Å². The normalized spacial score (nSPS) is 21.3. The summed E-state index contributed by atoms with van der Waals surface area (Å²) < 4.78 is 16.7. The molecule has 1 unspecified atom stereocenters. The van der Waals surface area contributed by atoms with Gasteiger partial charge in [0.2, 0.25) is 5.88 Å². The zero-order valence-corrected chi connectivity index (χ0v) is 16.1. The Balaban J connectivity index is 2.15. The Morgan fingerprint density at radius 3 is 2.70 bits per heavy atom. The zero-order valence-electron chi connectivity index (χ0n) is 16.1. The van der Waals surface area contributed by atoms with Crippen molar-refractivity contribution in [2.45, 2.75) is 39.5 Å². The second-order valence-corrected chi connectivity index (χ2v) is 7.55. The number of hydrogen-bond acceptors (Lipinski definition) is 6. The molecule has 6 heteroatoms. The van der Waals surface area contributed by atoms with E-state index in [1.165, 1.54) is 0 Å². The maximum Gasteiger partial charge on any atom is 0.205 e. The van der Waals surface area contributed by atoms with Crippen molar-refractivity contribution in [1.29, 1.82) is 5.26 Å². The summed E-state index contributed by atoms with van der Waals surface area (Å²) in [5.74, 6) is 1.19. The van der Waals surface area contributed by atoms with Crippen molar-refractivity contribution in [2.75, 3.05) is 13.7 Å². The largest absolute Gasteiger partial charge is 0.493 e. The predicted molar refractivity (Wildman–Crippen MR) is 99.9 cm³/mol. The molecule has 1 aliphatic heterocycles. The summed E-state index contributed by atoms with van der Waals surface area (Å²) in [5.41, 5.74) is 7.34. The van der Waals surface area contributed by atoms with Crippen LogP contribution in [0.1, 0.15) is 45.1 Å². The van der Waals surface area contributed by atoms with Crippen LogP contribution in [0.3, 0.4) is 0 Å². The van der Waals surface area contributed by atoms with Crippen molar-refractivity contribution in [3.8, 4) is 17.6 Å². The molecule has 2 aliphatic rings. The lowest BCUT2D eigenvalue weighted by atomic mass is 9.70. The van der Waals surface area contributed by atoms with Crippen LogP contribution in [0.5, 0.6) is 11.5 Å². The number of allylic oxidation sites excluding steroid dienone is 3. The van der Waals surface area contributed by atoms with E-state index < -0.39 is 5.92 Å². The number of carbonyl (C=O) groups is 1. The average molecular weight is 368 g/mol. The lowest BCUT2D eigenvalue weighted by molar-refractivity contribution is -0.119. The van der Waals surface area contributed by atoms with Crippen LogP contribution in [0.15, 0.2) is 41.0 Å². The highest BCUT2D eigenvalue weighted by molar-refractivity contribution is 6.00. The molecule has 0 aromatic heterocycles. The van der Waals surface area contributed by atoms with Crippen molar-refractivity contribution < 1.29 is 19.0 Å². The van der Waals surface area contributed by atoms with Gasteiger partial charge in [0.05, 0.1) is 19.6 Å². The Bertz CT molecular complexity index is 890. The van der Waals surface area contributed by atoms with Gasteiger partial charge in [0.15, 0.2) is 17.3 Å². The number of nitrogens with two attached hydrogens (primary N) is 1. The molecule has 1 aromatic rings. The standard InChI is InChI=1S/C21H24N2O4/c1-5-26-15-7-6-12(8-16(15)25-4)18-13(11-22)20(23)27-17-10-21(2,3)9-14(24)19(17)18/h6-8,18H,5,9-10,23H2,1-4H3. The molecule has 0 amide bonds. The lowest BCUT2D eigenvalue weighted by Crippen LogP contribution is -2.33.